The third-order valence-electron chi connectivity index (χ3n) is 5.55. The van der Waals surface area contributed by atoms with E-state index in [1.807, 2.05) is 0 Å². The van der Waals surface area contributed by atoms with Gasteiger partial charge in [-0.05, 0) is 37.3 Å². The summed E-state index contributed by atoms with van der Waals surface area (Å²) in [5, 5.41) is -1.38. The van der Waals surface area contributed by atoms with Crippen molar-refractivity contribution in [3.63, 3.8) is 0 Å². The van der Waals surface area contributed by atoms with Gasteiger partial charge < -0.3 is 14.2 Å². The molecule has 0 amide bonds. The average molecular weight is 302 g/mol. The molecular weight excluding hydrogens is 278 g/mol. The first-order valence-corrected chi connectivity index (χ1v) is 8.13. The molecule has 1 saturated carbocycles. The number of carbonyl (C=O) groups is 1. The lowest BCUT2D eigenvalue weighted by Gasteiger charge is -2.45. The summed E-state index contributed by atoms with van der Waals surface area (Å²) in [6.07, 6.45) is 1.90. The molecule has 3 fully saturated rings. The van der Waals surface area contributed by atoms with E-state index < -0.39 is 22.5 Å². The van der Waals surface area contributed by atoms with Gasteiger partial charge in [-0.15, -0.1) is 0 Å². The summed E-state index contributed by atoms with van der Waals surface area (Å²) in [5.41, 5.74) is -0.863. The lowest BCUT2D eigenvalue weighted by atomic mass is 9.43. The van der Waals surface area contributed by atoms with Gasteiger partial charge in [0.25, 0.3) is 0 Å². The Morgan fingerprint density at radius 1 is 1.41 bits per heavy atom. The van der Waals surface area contributed by atoms with Crippen LogP contribution in [0.25, 0.3) is 0 Å². The van der Waals surface area contributed by atoms with Gasteiger partial charge in [0.05, 0.1) is 39.9 Å². The van der Waals surface area contributed by atoms with Gasteiger partial charge >= 0.3 is 0 Å². The van der Waals surface area contributed by atoms with Gasteiger partial charge in [0.15, 0.2) is 5.78 Å². The number of Topliss-reactive ketones (excluding diaryl/α,β-unsaturated/α-hetero) is 1. The minimum atomic E-state index is -1.38. The van der Waals surface area contributed by atoms with Crippen molar-refractivity contribution in [3.05, 3.63) is 0 Å². The van der Waals surface area contributed by atoms with E-state index in [9.17, 15) is 4.79 Å². The monoisotopic (exact) mass is 302 g/mol. The van der Waals surface area contributed by atoms with Gasteiger partial charge in [-0.3, -0.25) is 4.79 Å². The average Bonchev–Trinajstić information content (AvgIpc) is 3.30. The number of methoxy groups -OCH3 is 1. The Morgan fingerprint density at radius 2 is 2.05 bits per heavy atom. The van der Waals surface area contributed by atoms with Crippen molar-refractivity contribution >= 4 is 21.5 Å². The maximum absolute atomic E-state index is 12.6. The Balaban J connectivity index is 1.81. The Hall–Kier alpha value is -0.320. The molecule has 2 saturated heterocycles. The molecule has 0 aromatic carbocycles. The van der Waals surface area contributed by atoms with Gasteiger partial charge in [0.2, 0.25) is 0 Å². The summed E-state index contributed by atoms with van der Waals surface area (Å²) in [6.45, 7) is 7.03. The van der Waals surface area contributed by atoms with Crippen LogP contribution in [0.5, 0.6) is 0 Å². The molecule has 4 radical (unpaired) electrons. The fourth-order valence-electron chi connectivity index (χ4n) is 4.20. The third kappa shape index (κ3) is 2.47. The highest BCUT2D eigenvalue weighted by atomic mass is 16.6. The van der Waals surface area contributed by atoms with Crippen molar-refractivity contribution in [2.45, 2.75) is 68.7 Å². The second-order valence-corrected chi connectivity index (χ2v) is 7.83. The predicted octanol–water partition coefficient (Wildman–Crippen LogP) is 1.41. The SMILES string of the molecule is [B]C1([B])C[C@]2(CO2)[C@@H](C2(C)O[C@@H]2CCC(C)C)[C@H](OC)C1=O. The number of hydrogen-bond acceptors (Lipinski definition) is 4. The molecule has 3 aliphatic rings. The molecule has 0 aromatic rings. The van der Waals surface area contributed by atoms with Crippen molar-refractivity contribution in [3.8, 4) is 0 Å². The van der Waals surface area contributed by atoms with Crippen molar-refractivity contribution in [2.24, 2.45) is 11.8 Å². The topological polar surface area (TPSA) is 51.4 Å². The van der Waals surface area contributed by atoms with Crippen LogP contribution >= 0.6 is 0 Å². The zero-order valence-electron chi connectivity index (χ0n) is 13.9. The number of epoxide rings is 2. The largest absolute Gasteiger partial charge is 0.373 e. The highest BCUT2D eigenvalue weighted by Gasteiger charge is 2.74. The van der Waals surface area contributed by atoms with E-state index in [0.29, 0.717) is 18.9 Å². The minimum absolute atomic E-state index is 0.144. The maximum atomic E-state index is 12.6. The number of ether oxygens (including phenoxy) is 3. The Labute approximate surface area is 135 Å². The van der Waals surface area contributed by atoms with Crippen molar-refractivity contribution < 1.29 is 19.0 Å². The van der Waals surface area contributed by atoms with Crippen LogP contribution in [0.4, 0.5) is 0 Å². The van der Waals surface area contributed by atoms with E-state index in [0.717, 1.165) is 12.8 Å². The number of carbonyl (C=O) groups excluding carboxylic acids is 1. The van der Waals surface area contributed by atoms with Crippen LogP contribution < -0.4 is 0 Å². The molecule has 4 nitrogen and oxygen atoms in total. The molecule has 2 heterocycles. The zero-order valence-corrected chi connectivity index (χ0v) is 13.9. The predicted molar refractivity (Wildman–Crippen MR) is 84.1 cm³/mol. The fraction of sp³-hybridized carbons (Fsp3) is 0.938. The summed E-state index contributed by atoms with van der Waals surface area (Å²) in [7, 11) is 13.5. The van der Waals surface area contributed by atoms with E-state index >= 15 is 0 Å². The second kappa shape index (κ2) is 5.09. The van der Waals surface area contributed by atoms with Gasteiger partial charge in [-0.25, -0.2) is 0 Å². The maximum Gasteiger partial charge on any atom is 0.151 e. The van der Waals surface area contributed by atoms with Crippen LogP contribution in [-0.4, -0.2) is 58.6 Å². The molecule has 1 aliphatic carbocycles. The summed E-state index contributed by atoms with van der Waals surface area (Å²) < 4.78 is 17.3. The van der Waals surface area contributed by atoms with Crippen molar-refractivity contribution in [1.29, 1.82) is 0 Å². The van der Waals surface area contributed by atoms with E-state index in [4.69, 9.17) is 29.9 Å². The van der Waals surface area contributed by atoms with Crippen LogP contribution in [0.2, 0.25) is 5.21 Å². The van der Waals surface area contributed by atoms with Crippen molar-refractivity contribution in [2.75, 3.05) is 13.7 Å². The normalized spacial score (nSPS) is 46.2. The van der Waals surface area contributed by atoms with Gasteiger partial charge in [0.1, 0.15) is 11.7 Å². The Kier molecular flexibility index (Phi) is 3.82. The smallest absolute Gasteiger partial charge is 0.151 e. The quantitative estimate of drug-likeness (QED) is 0.569. The third-order valence-corrected chi connectivity index (χ3v) is 5.55. The van der Waals surface area contributed by atoms with Crippen LogP contribution in [0.1, 0.15) is 40.0 Å². The number of rotatable bonds is 5. The lowest BCUT2D eigenvalue weighted by Crippen LogP contribution is -2.58. The first kappa shape index (κ1) is 16.5. The lowest BCUT2D eigenvalue weighted by molar-refractivity contribution is -0.144. The van der Waals surface area contributed by atoms with Gasteiger partial charge in [-0.1, -0.05) is 13.8 Å². The molecule has 1 unspecified atom stereocenters. The summed E-state index contributed by atoms with van der Waals surface area (Å²) >= 11 is 0. The molecule has 0 N–H and O–H groups in total. The molecule has 0 aromatic heterocycles. The van der Waals surface area contributed by atoms with Crippen LogP contribution in [0, 0.1) is 11.8 Å². The molecular formula is C16H24B2O4. The van der Waals surface area contributed by atoms with Gasteiger partial charge in [0, 0.05) is 7.11 Å². The molecule has 3 rings (SSSR count). The first-order valence-electron chi connectivity index (χ1n) is 8.13. The minimum Gasteiger partial charge on any atom is -0.373 e. The van der Waals surface area contributed by atoms with E-state index in [2.05, 4.69) is 20.8 Å². The molecule has 118 valence electrons. The second-order valence-electron chi connectivity index (χ2n) is 7.83. The molecule has 6 heteroatoms. The Morgan fingerprint density at radius 3 is 2.55 bits per heavy atom. The van der Waals surface area contributed by atoms with E-state index in [1.165, 1.54) is 7.11 Å². The molecule has 2 aliphatic heterocycles. The Bertz CT molecular complexity index is 475. The van der Waals surface area contributed by atoms with Gasteiger partial charge in [-0.2, -0.15) is 0 Å². The molecule has 1 spiro atoms. The molecule has 5 atom stereocenters. The zero-order chi connectivity index (χ0) is 16.3. The van der Waals surface area contributed by atoms with Crippen LogP contribution in [0.15, 0.2) is 0 Å². The number of ketones is 1. The molecule has 22 heavy (non-hydrogen) atoms. The molecule has 0 bridgehead atoms. The fourth-order valence-corrected chi connectivity index (χ4v) is 4.20. The highest BCUT2D eigenvalue weighted by molar-refractivity contribution is 6.51. The van der Waals surface area contributed by atoms with Crippen LogP contribution in [-0.2, 0) is 19.0 Å². The highest BCUT2D eigenvalue weighted by Crippen LogP contribution is 2.62. The van der Waals surface area contributed by atoms with E-state index in [1.54, 1.807) is 0 Å². The van der Waals surface area contributed by atoms with Crippen molar-refractivity contribution in [1.82, 2.24) is 0 Å². The first-order chi connectivity index (χ1) is 10.2. The standard InChI is InChI=1S/C16H24B2O4/c1-9(2)5-6-10-14(3,22-10)12-11(20-4)13(19)16(17,18)7-15(12)8-21-15/h9-12H,5-8H2,1-4H3/t10-,11+,12-,14?,15+/m1/s1. The summed E-state index contributed by atoms with van der Waals surface area (Å²) in [6, 6.07) is 0. The van der Waals surface area contributed by atoms with Crippen LogP contribution in [0.3, 0.4) is 0 Å². The van der Waals surface area contributed by atoms with E-state index in [-0.39, 0.29) is 17.8 Å². The summed E-state index contributed by atoms with van der Waals surface area (Å²) in [5.74, 6) is 0.238. The number of hydrogen-bond donors (Lipinski definition) is 0. The summed E-state index contributed by atoms with van der Waals surface area (Å²) in [4.78, 5) is 12.6.